The topological polar surface area (TPSA) is 66.9 Å². The highest BCUT2D eigenvalue weighted by molar-refractivity contribution is 6.03. The molecule has 0 unspecified atom stereocenters. The van der Waals surface area contributed by atoms with Crippen molar-refractivity contribution >= 4 is 17.4 Å². The highest BCUT2D eigenvalue weighted by Gasteiger charge is 2.10. The molecule has 0 aliphatic carbocycles. The maximum Gasteiger partial charge on any atom is 0.275 e. The minimum absolute atomic E-state index is 0.259. The second-order valence-corrected chi connectivity index (χ2v) is 4.00. The van der Waals surface area contributed by atoms with Gasteiger partial charge in [-0.05, 0) is 18.1 Å². The first-order valence-electron chi connectivity index (χ1n) is 6.13. The van der Waals surface area contributed by atoms with Gasteiger partial charge in [0.05, 0.1) is 12.4 Å². The zero-order valence-corrected chi connectivity index (χ0v) is 11.0. The van der Waals surface area contributed by atoms with Crippen LogP contribution in [0.15, 0.2) is 36.7 Å². The van der Waals surface area contributed by atoms with E-state index in [1.165, 1.54) is 6.20 Å². The molecule has 98 valence electrons. The first kappa shape index (κ1) is 13.0. The number of hydrogen-bond acceptors (Lipinski definition) is 4. The molecular weight excluding hydrogens is 240 g/mol. The van der Waals surface area contributed by atoms with E-state index in [0.29, 0.717) is 5.82 Å². The fourth-order valence-electron chi connectivity index (χ4n) is 1.73. The molecule has 1 heterocycles. The van der Waals surface area contributed by atoms with Gasteiger partial charge >= 0.3 is 0 Å². The van der Waals surface area contributed by atoms with Gasteiger partial charge in [-0.3, -0.25) is 9.78 Å². The van der Waals surface area contributed by atoms with Gasteiger partial charge in [-0.1, -0.05) is 25.1 Å². The van der Waals surface area contributed by atoms with Crippen molar-refractivity contribution in [1.82, 2.24) is 9.97 Å². The third kappa shape index (κ3) is 3.07. The molecule has 0 aliphatic rings. The quantitative estimate of drug-likeness (QED) is 0.881. The van der Waals surface area contributed by atoms with Crippen LogP contribution in [0.4, 0.5) is 11.5 Å². The van der Waals surface area contributed by atoms with Gasteiger partial charge in [0.25, 0.3) is 5.91 Å². The Labute approximate surface area is 112 Å². The Balaban J connectivity index is 2.20. The highest BCUT2D eigenvalue weighted by atomic mass is 16.1. The molecule has 0 bridgehead atoms. The zero-order valence-electron chi connectivity index (χ0n) is 11.0. The van der Waals surface area contributed by atoms with Gasteiger partial charge in [0, 0.05) is 12.7 Å². The van der Waals surface area contributed by atoms with Crippen molar-refractivity contribution in [2.24, 2.45) is 0 Å². The fraction of sp³-hybridized carbons (Fsp3) is 0.214. The average molecular weight is 256 g/mol. The Kier molecular flexibility index (Phi) is 4.07. The second-order valence-electron chi connectivity index (χ2n) is 4.00. The van der Waals surface area contributed by atoms with Crippen LogP contribution in [0, 0.1) is 0 Å². The molecule has 1 aromatic heterocycles. The lowest BCUT2D eigenvalue weighted by Gasteiger charge is -2.09. The summed E-state index contributed by atoms with van der Waals surface area (Å²) in [4.78, 5) is 20.2. The third-order valence-corrected chi connectivity index (χ3v) is 2.77. The fourth-order valence-corrected chi connectivity index (χ4v) is 1.73. The number of nitrogens with zero attached hydrogens (tertiary/aromatic N) is 2. The summed E-state index contributed by atoms with van der Waals surface area (Å²) in [5, 5.41) is 5.71. The van der Waals surface area contributed by atoms with E-state index >= 15 is 0 Å². The van der Waals surface area contributed by atoms with Gasteiger partial charge < -0.3 is 10.6 Å². The molecule has 2 aromatic rings. The first-order valence-corrected chi connectivity index (χ1v) is 6.13. The van der Waals surface area contributed by atoms with E-state index in [2.05, 4.69) is 20.6 Å². The molecule has 5 nitrogen and oxygen atoms in total. The number of aromatic nitrogens is 2. The van der Waals surface area contributed by atoms with Crippen LogP contribution in [0.5, 0.6) is 0 Å². The lowest BCUT2D eigenvalue weighted by atomic mass is 10.1. The van der Waals surface area contributed by atoms with Crippen LogP contribution in [-0.4, -0.2) is 22.9 Å². The number of benzene rings is 1. The Morgan fingerprint density at radius 1 is 1.26 bits per heavy atom. The monoisotopic (exact) mass is 256 g/mol. The minimum Gasteiger partial charge on any atom is -0.372 e. The Morgan fingerprint density at radius 2 is 2.05 bits per heavy atom. The van der Waals surface area contributed by atoms with E-state index in [9.17, 15) is 4.79 Å². The predicted octanol–water partition coefficient (Wildman–Crippen LogP) is 2.33. The van der Waals surface area contributed by atoms with Gasteiger partial charge in [-0.2, -0.15) is 0 Å². The van der Waals surface area contributed by atoms with Crippen molar-refractivity contribution in [3.63, 3.8) is 0 Å². The Hall–Kier alpha value is -2.43. The normalized spacial score (nSPS) is 10.0. The number of nitrogens with one attached hydrogen (secondary N) is 2. The van der Waals surface area contributed by atoms with Crippen molar-refractivity contribution < 1.29 is 4.79 Å². The van der Waals surface area contributed by atoms with E-state index in [4.69, 9.17) is 0 Å². The van der Waals surface area contributed by atoms with Crippen LogP contribution in [-0.2, 0) is 6.42 Å². The number of para-hydroxylation sites is 1. The summed E-state index contributed by atoms with van der Waals surface area (Å²) in [5.41, 5.74) is 2.19. The number of carbonyl (C=O) groups excluding carboxylic acids is 1. The molecular formula is C14H16N4O. The van der Waals surface area contributed by atoms with Crippen molar-refractivity contribution in [3.05, 3.63) is 47.9 Å². The number of hydrogen-bond donors (Lipinski definition) is 2. The largest absolute Gasteiger partial charge is 0.372 e. The van der Waals surface area contributed by atoms with E-state index in [0.717, 1.165) is 17.7 Å². The van der Waals surface area contributed by atoms with E-state index in [1.54, 1.807) is 13.2 Å². The van der Waals surface area contributed by atoms with Gasteiger partial charge in [0.15, 0.2) is 0 Å². The van der Waals surface area contributed by atoms with E-state index < -0.39 is 0 Å². The molecule has 1 amide bonds. The first-order chi connectivity index (χ1) is 9.24. The van der Waals surface area contributed by atoms with Crippen molar-refractivity contribution in [2.45, 2.75) is 13.3 Å². The average Bonchev–Trinajstić information content (AvgIpc) is 2.47. The highest BCUT2D eigenvalue weighted by Crippen LogP contribution is 2.16. The lowest BCUT2D eigenvalue weighted by Crippen LogP contribution is -2.15. The number of amides is 1. The standard InChI is InChI=1S/C14H16N4O/c1-3-10-6-4-5-7-11(10)18-14(19)12-8-16-9-13(15-2)17-12/h4-9H,3H2,1-2H3,(H,15,17)(H,18,19). The molecule has 0 saturated carbocycles. The molecule has 0 saturated heterocycles. The van der Waals surface area contributed by atoms with E-state index in [1.807, 2.05) is 31.2 Å². The lowest BCUT2D eigenvalue weighted by molar-refractivity contribution is 0.102. The smallest absolute Gasteiger partial charge is 0.275 e. The Bertz CT molecular complexity index is 583. The number of anilines is 2. The summed E-state index contributed by atoms with van der Waals surface area (Å²) in [6.45, 7) is 2.05. The summed E-state index contributed by atoms with van der Waals surface area (Å²) < 4.78 is 0. The maximum atomic E-state index is 12.1. The summed E-state index contributed by atoms with van der Waals surface area (Å²) in [5.74, 6) is 0.307. The van der Waals surface area contributed by atoms with Crippen LogP contribution in [0.2, 0.25) is 0 Å². The SMILES string of the molecule is CCc1ccccc1NC(=O)c1cncc(NC)n1. The maximum absolute atomic E-state index is 12.1. The van der Waals surface area contributed by atoms with Crippen molar-refractivity contribution in [3.8, 4) is 0 Å². The molecule has 0 radical (unpaired) electrons. The van der Waals surface area contributed by atoms with Gasteiger partial charge in [0.1, 0.15) is 11.5 Å². The van der Waals surface area contributed by atoms with Crippen molar-refractivity contribution in [1.29, 1.82) is 0 Å². The molecule has 1 aromatic carbocycles. The number of carbonyl (C=O) groups is 1. The van der Waals surface area contributed by atoms with Crippen LogP contribution in [0.25, 0.3) is 0 Å². The molecule has 2 rings (SSSR count). The van der Waals surface area contributed by atoms with Crippen LogP contribution >= 0.6 is 0 Å². The molecule has 0 spiro atoms. The molecule has 5 heteroatoms. The van der Waals surface area contributed by atoms with Gasteiger partial charge in [0.2, 0.25) is 0 Å². The molecule has 0 atom stereocenters. The van der Waals surface area contributed by atoms with E-state index in [-0.39, 0.29) is 11.6 Å². The number of aryl methyl sites for hydroxylation is 1. The van der Waals surface area contributed by atoms with Gasteiger partial charge in [-0.15, -0.1) is 0 Å². The van der Waals surface area contributed by atoms with Crippen molar-refractivity contribution in [2.75, 3.05) is 17.7 Å². The number of rotatable bonds is 4. The predicted molar refractivity (Wildman–Crippen MR) is 75.4 cm³/mol. The zero-order chi connectivity index (χ0) is 13.7. The third-order valence-electron chi connectivity index (χ3n) is 2.77. The molecule has 0 fully saturated rings. The van der Waals surface area contributed by atoms with Crippen LogP contribution in [0.1, 0.15) is 23.0 Å². The van der Waals surface area contributed by atoms with Crippen LogP contribution < -0.4 is 10.6 Å². The van der Waals surface area contributed by atoms with Crippen LogP contribution in [0.3, 0.4) is 0 Å². The summed E-state index contributed by atoms with van der Waals surface area (Å²) in [6, 6.07) is 7.72. The molecule has 19 heavy (non-hydrogen) atoms. The summed E-state index contributed by atoms with van der Waals surface area (Å²) >= 11 is 0. The minimum atomic E-state index is -0.259. The molecule has 2 N–H and O–H groups in total. The summed E-state index contributed by atoms with van der Waals surface area (Å²) in [6.07, 6.45) is 3.88. The second kappa shape index (κ2) is 5.95. The van der Waals surface area contributed by atoms with Gasteiger partial charge in [-0.25, -0.2) is 4.98 Å². The molecule has 0 aliphatic heterocycles. The Morgan fingerprint density at radius 3 is 2.79 bits per heavy atom. The summed E-state index contributed by atoms with van der Waals surface area (Å²) in [7, 11) is 1.73.